The Labute approximate surface area is 95.3 Å². The van der Waals surface area contributed by atoms with Crippen molar-refractivity contribution in [1.82, 2.24) is 5.32 Å². The van der Waals surface area contributed by atoms with E-state index in [2.05, 4.69) is 38.4 Å². The molecule has 0 fully saturated rings. The highest BCUT2D eigenvalue weighted by Gasteiger charge is 2.03. The molecule has 0 saturated carbocycles. The maximum Gasteiger partial charge on any atom is 0.0216 e. The van der Waals surface area contributed by atoms with Gasteiger partial charge in [-0.25, -0.2) is 0 Å². The number of rotatable bonds is 5. The average molecular weight is 229 g/mol. The summed E-state index contributed by atoms with van der Waals surface area (Å²) in [6.07, 6.45) is 2.16. The summed E-state index contributed by atoms with van der Waals surface area (Å²) in [6.45, 7) is 8.73. The van der Waals surface area contributed by atoms with Crippen molar-refractivity contribution in [3.63, 3.8) is 0 Å². The number of aryl methyl sites for hydroxylation is 2. The Hall–Kier alpha value is 0.01000. The van der Waals surface area contributed by atoms with E-state index in [9.17, 15) is 0 Å². The van der Waals surface area contributed by atoms with Gasteiger partial charge < -0.3 is 5.32 Å². The highest BCUT2D eigenvalue weighted by molar-refractivity contribution is 7.99. The highest BCUT2D eigenvalue weighted by atomic mass is 32.2. The van der Waals surface area contributed by atoms with Gasteiger partial charge in [0.1, 0.15) is 0 Å². The molecule has 1 heterocycles. The smallest absolute Gasteiger partial charge is 0.0216 e. The van der Waals surface area contributed by atoms with Crippen LogP contribution in [0.25, 0.3) is 0 Å². The van der Waals surface area contributed by atoms with Gasteiger partial charge in [-0.1, -0.05) is 6.92 Å². The van der Waals surface area contributed by atoms with Crippen molar-refractivity contribution in [3.05, 3.63) is 21.4 Å². The summed E-state index contributed by atoms with van der Waals surface area (Å²) in [4.78, 5) is 2.86. The highest BCUT2D eigenvalue weighted by Crippen LogP contribution is 2.20. The molecule has 14 heavy (non-hydrogen) atoms. The van der Waals surface area contributed by atoms with Crippen LogP contribution in [0.5, 0.6) is 0 Å². The third-order valence-electron chi connectivity index (χ3n) is 2.29. The molecular weight excluding hydrogens is 210 g/mol. The second-order valence-corrected chi connectivity index (χ2v) is 6.35. The largest absolute Gasteiger partial charge is 0.312 e. The molecule has 0 saturated heterocycles. The molecule has 1 aromatic heterocycles. The fraction of sp³-hybridized carbons (Fsp3) is 0.636. The summed E-state index contributed by atoms with van der Waals surface area (Å²) in [7, 11) is 0. The van der Waals surface area contributed by atoms with Crippen LogP contribution in [0.15, 0.2) is 6.07 Å². The van der Waals surface area contributed by atoms with Gasteiger partial charge in [-0.2, -0.15) is 11.8 Å². The Morgan fingerprint density at radius 3 is 2.71 bits per heavy atom. The predicted octanol–water partition coefficient (Wildman–Crippen LogP) is 3.21. The molecular formula is C11H19NS2. The van der Waals surface area contributed by atoms with Crippen molar-refractivity contribution < 1.29 is 0 Å². The lowest BCUT2D eigenvalue weighted by atomic mass is 10.2. The SMILES string of the molecule is CSC(C)CNCc1cc(C)sc1C. The van der Waals surface area contributed by atoms with Crippen LogP contribution < -0.4 is 5.32 Å². The molecule has 1 nitrogen and oxygen atoms in total. The molecule has 1 atom stereocenters. The summed E-state index contributed by atoms with van der Waals surface area (Å²) in [5.74, 6) is 0. The summed E-state index contributed by atoms with van der Waals surface area (Å²) in [5, 5.41) is 4.20. The first kappa shape index (κ1) is 12.1. The first-order valence-electron chi connectivity index (χ1n) is 4.93. The minimum atomic E-state index is 0.704. The van der Waals surface area contributed by atoms with E-state index in [0.717, 1.165) is 13.1 Å². The van der Waals surface area contributed by atoms with E-state index in [1.807, 2.05) is 23.1 Å². The van der Waals surface area contributed by atoms with Crippen molar-refractivity contribution >= 4 is 23.1 Å². The van der Waals surface area contributed by atoms with Crippen LogP contribution in [0, 0.1) is 13.8 Å². The molecule has 0 spiro atoms. The average Bonchev–Trinajstić information content (AvgIpc) is 2.45. The van der Waals surface area contributed by atoms with Gasteiger partial charge in [-0.3, -0.25) is 0 Å². The zero-order valence-corrected chi connectivity index (χ0v) is 11.0. The monoisotopic (exact) mass is 229 g/mol. The fourth-order valence-electron chi connectivity index (χ4n) is 1.35. The molecule has 1 rings (SSSR count). The van der Waals surface area contributed by atoms with Crippen LogP contribution in [0.2, 0.25) is 0 Å². The third-order valence-corrected chi connectivity index (χ3v) is 4.27. The van der Waals surface area contributed by atoms with E-state index in [1.165, 1.54) is 15.3 Å². The van der Waals surface area contributed by atoms with Crippen LogP contribution in [0.3, 0.4) is 0 Å². The standard InChI is InChI=1S/C11H19NS2/c1-8-5-11(10(3)14-8)7-12-6-9(2)13-4/h5,9,12H,6-7H2,1-4H3. The minimum Gasteiger partial charge on any atom is -0.312 e. The van der Waals surface area contributed by atoms with E-state index in [1.54, 1.807) is 0 Å². The maximum absolute atomic E-state index is 3.49. The van der Waals surface area contributed by atoms with Gasteiger partial charge in [-0.05, 0) is 31.7 Å². The van der Waals surface area contributed by atoms with Gasteiger partial charge in [0.15, 0.2) is 0 Å². The summed E-state index contributed by atoms with van der Waals surface area (Å²) >= 11 is 3.80. The maximum atomic E-state index is 3.49. The van der Waals surface area contributed by atoms with Crippen LogP contribution in [0.1, 0.15) is 22.2 Å². The molecule has 0 aliphatic heterocycles. The molecule has 0 aliphatic rings. The van der Waals surface area contributed by atoms with E-state index in [-0.39, 0.29) is 0 Å². The third kappa shape index (κ3) is 3.64. The van der Waals surface area contributed by atoms with Crippen molar-refractivity contribution in [3.8, 4) is 0 Å². The predicted molar refractivity (Wildman–Crippen MR) is 68.5 cm³/mol. The Balaban J connectivity index is 2.34. The summed E-state index contributed by atoms with van der Waals surface area (Å²) in [5.41, 5.74) is 1.46. The fourth-order valence-corrected chi connectivity index (χ4v) is 2.58. The molecule has 0 radical (unpaired) electrons. The molecule has 80 valence electrons. The first-order chi connectivity index (χ1) is 6.63. The van der Waals surface area contributed by atoms with E-state index in [4.69, 9.17) is 0 Å². The van der Waals surface area contributed by atoms with Crippen molar-refractivity contribution in [2.45, 2.75) is 32.6 Å². The number of hydrogen-bond donors (Lipinski definition) is 1. The first-order valence-corrected chi connectivity index (χ1v) is 7.03. The van der Waals surface area contributed by atoms with Gasteiger partial charge in [0.05, 0.1) is 0 Å². The molecule has 0 amide bonds. The van der Waals surface area contributed by atoms with E-state index >= 15 is 0 Å². The molecule has 1 N–H and O–H groups in total. The second kappa shape index (κ2) is 5.79. The van der Waals surface area contributed by atoms with Crippen molar-refractivity contribution in [2.24, 2.45) is 0 Å². The normalized spacial score (nSPS) is 13.1. The van der Waals surface area contributed by atoms with E-state index in [0.29, 0.717) is 5.25 Å². The minimum absolute atomic E-state index is 0.704. The Morgan fingerprint density at radius 2 is 2.21 bits per heavy atom. The van der Waals surface area contributed by atoms with Gasteiger partial charge in [0.25, 0.3) is 0 Å². The van der Waals surface area contributed by atoms with Gasteiger partial charge in [0.2, 0.25) is 0 Å². The molecule has 0 aliphatic carbocycles. The molecule has 3 heteroatoms. The quantitative estimate of drug-likeness (QED) is 0.832. The van der Waals surface area contributed by atoms with Gasteiger partial charge >= 0.3 is 0 Å². The lowest BCUT2D eigenvalue weighted by molar-refractivity contribution is 0.684. The molecule has 0 bridgehead atoms. The Morgan fingerprint density at radius 1 is 1.50 bits per heavy atom. The second-order valence-electron chi connectivity index (χ2n) is 3.62. The van der Waals surface area contributed by atoms with Crippen molar-refractivity contribution in [1.29, 1.82) is 0 Å². The van der Waals surface area contributed by atoms with E-state index < -0.39 is 0 Å². The Kier molecular flexibility index (Phi) is 4.99. The van der Waals surface area contributed by atoms with Crippen molar-refractivity contribution in [2.75, 3.05) is 12.8 Å². The Bertz CT molecular complexity index is 281. The number of hydrogen-bond acceptors (Lipinski definition) is 3. The lowest BCUT2D eigenvalue weighted by Crippen LogP contribution is -2.22. The lowest BCUT2D eigenvalue weighted by Gasteiger charge is -2.09. The van der Waals surface area contributed by atoms with Crippen LogP contribution >= 0.6 is 23.1 Å². The van der Waals surface area contributed by atoms with Gasteiger partial charge in [0, 0.05) is 28.1 Å². The van der Waals surface area contributed by atoms with Gasteiger partial charge in [-0.15, -0.1) is 11.3 Å². The zero-order chi connectivity index (χ0) is 10.6. The summed E-state index contributed by atoms with van der Waals surface area (Å²) < 4.78 is 0. The molecule has 1 unspecified atom stereocenters. The van der Waals surface area contributed by atoms with Crippen LogP contribution in [-0.2, 0) is 6.54 Å². The molecule has 0 aromatic carbocycles. The number of nitrogens with one attached hydrogen (secondary N) is 1. The topological polar surface area (TPSA) is 12.0 Å². The molecule has 1 aromatic rings. The van der Waals surface area contributed by atoms with Crippen LogP contribution in [-0.4, -0.2) is 18.1 Å². The zero-order valence-electron chi connectivity index (χ0n) is 9.39. The summed E-state index contributed by atoms with van der Waals surface area (Å²) in [6, 6.07) is 2.29. The number of thiophene rings is 1. The number of thioether (sulfide) groups is 1. The van der Waals surface area contributed by atoms with Crippen LogP contribution in [0.4, 0.5) is 0 Å².